The van der Waals surface area contributed by atoms with Gasteiger partial charge in [0, 0.05) is 0 Å². The molecule has 9 unspecified atom stereocenters. The topological polar surface area (TPSA) is 46.8 Å². The molecule has 3 radical (unpaired) electrons. The maximum atomic E-state index is 6.57. The smallest absolute Gasteiger partial charge is 0.211 e. The lowest BCUT2D eigenvalue weighted by molar-refractivity contribution is 0.253. The van der Waals surface area contributed by atoms with Crippen LogP contribution in [0.5, 0.6) is 0 Å². The zero-order chi connectivity index (χ0) is 22.4. The molecule has 3 saturated carbocycles. The van der Waals surface area contributed by atoms with E-state index in [1.165, 1.54) is 96.3 Å². The molecular weight excluding hydrogens is 444 g/mol. The van der Waals surface area contributed by atoms with E-state index in [-0.39, 0.29) is 0 Å². The highest BCUT2D eigenvalue weighted by Gasteiger charge is 2.48. The van der Waals surface area contributed by atoms with E-state index in [0.29, 0.717) is 51.4 Å². The molecule has 0 aromatic rings. The number of hydrogen-bond donors (Lipinski definition) is 0. The van der Waals surface area contributed by atoms with Crippen LogP contribution in [0.2, 0.25) is 18.1 Å². The molecule has 3 aliphatic heterocycles. The van der Waals surface area contributed by atoms with Crippen LogP contribution in [0.25, 0.3) is 0 Å². The summed E-state index contributed by atoms with van der Waals surface area (Å²) in [5.41, 5.74) is 0. The van der Waals surface area contributed by atoms with Crippen molar-refractivity contribution < 1.29 is 18.3 Å². The maximum absolute atomic E-state index is 6.57. The van der Waals surface area contributed by atoms with Crippen molar-refractivity contribution in [2.45, 2.75) is 151 Å². The zero-order valence-electron chi connectivity index (χ0n) is 20.9. The Labute approximate surface area is 205 Å². The summed E-state index contributed by atoms with van der Waals surface area (Å²) < 4.78 is 24.2. The van der Waals surface area contributed by atoms with Crippen molar-refractivity contribution in [3.63, 3.8) is 0 Å². The van der Waals surface area contributed by atoms with Crippen LogP contribution in [0.15, 0.2) is 0 Å². The molecule has 33 heavy (non-hydrogen) atoms. The van der Waals surface area contributed by atoms with Crippen LogP contribution >= 0.6 is 0 Å². The van der Waals surface area contributed by atoms with Crippen LogP contribution in [0.1, 0.15) is 96.3 Å². The Morgan fingerprint density at radius 1 is 0.667 bits per heavy atom. The Balaban J connectivity index is 1.12. The van der Waals surface area contributed by atoms with Crippen molar-refractivity contribution in [3.05, 3.63) is 0 Å². The van der Waals surface area contributed by atoms with Gasteiger partial charge in [0.05, 0.1) is 36.6 Å². The van der Waals surface area contributed by atoms with Gasteiger partial charge in [-0.25, -0.2) is 0 Å². The fourth-order valence-electron chi connectivity index (χ4n) is 7.85. The van der Waals surface area contributed by atoms with Gasteiger partial charge < -0.3 is 18.3 Å². The van der Waals surface area contributed by atoms with Gasteiger partial charge >= 0.3 is 0 Å². The Morgan fingerprint density at radius 3 is 1.39 bits per heavy atom. The van der Waals surface area contributed by atoms with E-state index in [9.17, 15) is 0 Å². The number of hydrogen-bond acceptors (Lipinski definition) is 4. The number of fused-ring (bicyclic) bond motifs is 3. The second kappa shape index (κ2) is 9.97. The largest absolute Gasteiger partial charge is 0.456 e. The molecule has 0 bridgehead atoms. The first kappa shape index (κ1) is 23.7. The number of rotatable bonds is 12. The fraction of sp³-hybridized carbons (Fsp3) is 1.00. The molecule has 0 N–H and O–H groups in total. The van der Waals surface area contributed by atoms with Gasteiger partial charge in [0.25, 0.3) is 0 Å². The average molecular weight is 490 g/mol. The van der Waals surface area contributed by atoms with Crippen molar-refractivity contribution in [1.29, 1.82) is 0 Å². The molecule has 3 heterocycles. The van der Waals surface area contributed by atoms with Gasteiger partial charge in [0.1, 0.15) is 0 Å². The van der Waals surface area contributed by atoms with Gasteiger partial charge in [0.15, 0.2) is 0 Å². The minimum atomic E-state index is -0.829. The summed E-state index contributed by atoms with van der Waals surface area (Å²) in [6.45, 7) is 4.76. The second-order valence-corrected chi connectivity index (χ2v) is 15.8. The zero-order valence-corrected chi connectivity index (χ0v) is 22.9. The lowest BCUT2D eigenvalue weighted by Gasteiger charge is -2.41. The average Bonchev–Trinajstić information content (AvgIpc) is 3.71. The molecule has 4 nitrogen and oxygen atoms in total. The molecule has 9 atom stereocenters. The minimum Gasteiger partial charge on any atom is -0.456 e. The molecule has 3 aliphatic carbocycles. The van der Waals surface area contributed by atoms with Crippen molar-refractivity contribution in [2.75, 3.05) is 0 Å². The third-order valence-electron chi connectivity index (χ3n) is 10.4. The molecule has 0 aromatic heterocycles. The van der Waals surface area contributed by atoms with Crippen molar-refractivity contribution in [3.8, 4) is 0 Å². The molecule has 0 spiro atoms. The van der Waals surface area contributed by atoms with Crippen LogP contribution in [0.4, 0.5) is 0 Å². The Hall–Kier alpha value is 0.274. The summed E-state index contributed by atoms with van der Waals surface area (Å²) >= 11 is 0. The Kier molecular flexibility index (Phi) is 7.15. The maximum Gasteiger partial charge on any atom is 0.211 e. The van der Waals surface area contributed by atoms with Crippen LogP contribution in [0, 0.1) is 17.8 Å². The highest BCUT2D eigenvalue weighted by molar-refractivity contribution is 6.60. The number of ether oxygens (including phenoxy) is 3. The molecule has 6 fully saturated rings. The molecule has 185 valence electrons. The first-order valence-electron chi connectivity index (χ1n) is 14.3. The highest BCUT2D eigenvalue weighted by Crippen LogP contribution is 2.53. The van der Waals surface area contributed by atoms with E-state index >= 15 is 0 Å². The summed E-state index contributed by atoms with van der Waals surface area (Å²) in [6.07, 6.45) is 24.2. The van der Waals surface area contributed by atoms with Gasteiger partial charge in [-0.3, -0.25) is 0 Å². The second-order valence-electron chi connectivity index (χ2n) is 12.4. The fourth-order valence-corrected chi connectivity index (χ4v) is 11.4. The first-order chi connectivity index (χ1) is 16.1. The minimum absolute atomic E-state index is 0.442. The van der Waals surface area contributed by atoms with E-state index in [0.717, 1.165) is 17.8 Å². The lowest BCUT2D eigenvalue weighted by atomic mass is 9.77. The van der Waals surface area contributed by atoms with Gasteiger partial charge in [0.2, 0.25) is 18.8 Å². The summed E-state index contributed by atoms with van der Waals surface area (Å²) in [4.78, 5) is 0. The summed E-state index contributed by atoms with van der Waals surface area (Å²) in [7, 11) is -0.192. The standard InChI is InChI=1S/C27H45O4Si2/c1-32-31-33(2)27(12-9-18-3-6-21-24(15-18)28-21,13-10-19-4-7-22-25(16-19)29-22)14-11-20-5-8-23-26(17-20)30-23/h18-26H,3-17H2,1-2H3. The van der Waals surface area contributed by atoms with E-state index in [1.54, 1.807) is 0 Å². The molecule has 3 saturated heterocycles. The third-order valence-corrected chi connectivity index (χ3v) is 14.7. The Morgan fingerprint density at radius 2 is 1.06 bits per heavy atom. The summed E-state index contributed by atoms with van der Waals surface area (Å²) in [5, 5.41) is 0.442. The highest BCUT2D eigenvalue weighted by atomic mass is 28.3. The van der Waals surface area contributed by atoms with Gasteiger partial charge in [-0.05, 0) is 113 Å². The van der Waals surface area contributed by atoms with Crippen molar-refractivity contribution in [1.82, 2.24) is 0 Å². The number of epoxide rings is 3. The molecule has 0 amide bonds. The molecular formula is C27H45O4Si2. The van der Waals surface area contributed by atoms with Crippen molar-refractivity contribution in [2.24, 2.45) is 17.8 Å². The van der Waals surface area contributed by atoms with E-state index < -0.39 is 9.04 Å². The van der Waals surface area contributed by atoms with Crippen LogP contribution in [0.3, 0.4) is 0 Å². The Bertz CT molecular complexity index is 598. The van der Waals surface area contributed by atoms with Gasteiger partial charge in [-0.15, -0.1) is 0 Å². The quantitative estimate of drug-likeness (QED) is 0.246. The summed E-state index contributed by atoms with van der Waals surface area (Å²) in [5.74, 6) is 2.66. The first-order valence-corrected chi connectivity index (χ1v) is 17.6. The van der Waals surface area contributed by atoms with Gasteiger partial charge in [-0.1, -0.05) is 19.3 Å². The van der Waals surface area contributed by atoms with E-state index in [4.69, 9.17) is 18.3 Å². The molecule has 6 heteroatoms. The predicted octanol–water partition coefficient (Wildman–Crippen LogP) is 6.08. The monoisotopic (exact) mass is 489 g/mol. The predicted molar refractivity (Wildman–Crippen MR) is 133 cm³/mol. The lowest BCUT2D eigenvalue weighted by Crippen LogP contribution is -2.36. The van der Waals surface area contributed by atoms with E-state index in [2.05, 4.69) is 13.1 Å². The summed E-state index contributed by atoms with van der Waals surface area (Å²) in [6, 6.07) is 0. The SMILES string of the molecule is C[Si]O[Si](C)C(CCC1CCC2OC2C1)(CCC1CCC2OC2C1)CCC1CCC2OC2C1. The molecule has 6 rings (SSSR count). The van der Waals surface area contributed by atoms with Crippen LogP contribution in [-0.4, -0.2) is 55.4 Å². The third kappa shape index (κ3) is 5.66. The molecule has 6 aliphatic rings. The molecule has 0 aromatic carbocycles. The normalized spacial score (nSPS) is 45.0. The van der Waals surface area contributed by atoms with Gasteiger partial charge in [-0.2, -0.15) is 0 Å². The van der Waals surface area contributed by atoms with E-state index in [1.807, 2.05) is 0 Å². The van der Waals surface area contributed by atoms with Crippen LogP contribution in [-0.2, 0) is 18.3 Å². The van der Waals surface area contributed by atoms with Crippen molar-refractivity contribution >= 4 is 18.8 Å². The van der Waals surface area contributed by atoms with Crippen LogP contribution < -0.4 is 0 Å².